The third-order valence-corrected chi connectivity index (χ3v) is 3.77. The molecule has 0 aliphatic carbocycles. The molecule has 1 aromatic rings. The average Bonchev–Trinajstić information content (AvgIpc) is 2.63. The SMILES string of the molecule is COC(=O)CCN(CC(=O)Nc1cc(Cl)ccc1C#N)CC(OC)OC. The molecule has 1 aromatic carbocycles. The van der Waals surface area contributed by atoms with Crippen LogP contribution >= 0.6 is 11.6 Å². The summed E-state index contributed by atoms with van der Waals surface area (Å²) >= 11 is 5.91. The number of hydrogen-bond donors (Lipinski definition) is 1. The minimum Gasteiger partial charge on any atom is -0.469 e. The molecule has 142 valence electrons. The molecular weight excluding hydrogens is 362 g/mol. The number of rotatable bonds is 10. The number of carbonyl (C=O) groups excluding carboxylic acids is 2. The molecule has 0 saturated carbocycles. The van der Waals surface area contributed by atoms with Gasteiger partial charge in [-0.05, 0) is 18.2 Å². The Morgan fingerprint density at radius 2 is 2.00 bits per heavy atom. The van der Waals surface area contributed by atoms with Crippen LogP contribution in [0.2, 0.25) is 5.02 Å². The molecule has 1 N–H and O–H groups in total. The number of benzene rings is 1. The van der Waals surface area contributed by atoms with Crippen molar-refractivity contribution in [3.8, 4) is 6.07 Å². The van der Waals surface area contributed by atoms with Gasteiger partial charge in [0, 0.05) is 25.8 Å². The standard InChI is InChI=1S/C17H22ClN3O5/c1-24-16(23)6-7-21(11-17(25-2)26-3)10-15(22)20-14-8-13(18)5-4-12(14)9-19/h4-5,8,17H,6-7,10-11H2,1-3H3,(H,20,22). The topological polar surface area (TPSA) is 101 Å². The Hall–Kier alpha value is -2.18. The number of carbonyl (C=O) groups is 2. The third-order valence-electron chi connectivity index (χ3n) is 3.54. The summed E-state index contributed by atoms with van der Waals surface area (Å²) in [7, 11) is 4.27. The first-order chi connectivity index (χ1) is 12.4. The monoisotopic (exact) mass is 383 g/mol. The molecule has 0 aromatic heterocycles. The quantitative estimate of drug-likeness (QED) is 0.484. The van der Waals surface area contributed by atoms with Crippen LogP contribution in [0.5, 0.6) is 0 Å². The molecule has 0 saturated heterocycles. The molecule has 1 rings (SSSR count). The number of anilines is 1. The van der Waals surface area contributed by atoms with Gasteiger partial charge in [-0.2, -0.15) is 5.26 Å². The average molecular weight is 384 g/mol. The van der Waals surface area contributed by atoms with Crippen molar-refractivity contribution in [2.24, 2.45) is 0 Å². The van der Waals surface area contributed by atoms with E-state index in [-0.39, 0.29) is 37.9 Å². The van der Waals surface area contributed by atoms with E-state index in [0.29, 0.717) is 16.3 Å². The highest BCUT2D eigenvalue weighted by molar-refractivity contribution is 6.31. The highest BCUT2D eigenvalue weighted by Crippen LogP contribution is 2.20. The lowest BCUT2D eigenvalue weighted by Gasteiger charge is -2.25. The van der Waals surface area contributed by atoms with E-state index < -0.39 is 6.29 Å². The second kappa shape index (κ2) is 11.4. The number of methoxy groups -OCH3 is 3. The first-order valence-corrected chi connectivity index (χ1v) is 8.15. The van der Waals surface area contributed by atoms with Crippen molar-refractivity contribution >= 4 is 29.2 Å². The van der Waals surface area contributed by atoms with Gasteiger partial charge in [0.2, 0.25) is 5.91 Å². The highest BCUT2D eigenvalue weighted by atomic mass is 35.5. The summed E-state index contributed by atoms with van der Waals surface area (Å²) < 4.78 is 14.9. The van der Waals surface area contributed by atoms with Crippen molar-refractivity contribution in [3.05, 3.63) is 28.8 Å². The Morgan fingerprint density at radius 3 is 2.58 bits per heavy atom. The maximum Gasteiger partial charge on any atom is 0.306 e. The summed E-state index contributed by atoms with van der Waals surface area (Å²) in [4.78, 5) is 25.4. The first-order valence-electron chi connectivity index (χ1n) is 7.77. The fourth-order valence-corrected chi connectivity index (χ4v) is 2.32. The smallest absolute Gasteiger partial charge is 0.306 e. The van der Waals surface area contributed by atoms with Crippen molar-refractivity contribution in [2.75, 3.05) is 46.3 Å². The molecule has 0 fully saturated rings. The lowest BCUT2D eigenvalue weighted by atomic mass is 10.2. The van der Waals surface area contributed by atoms with Crippen molar-refractivity contribution < 1.29 is 23.8 Å². The Balaban J connectivity index is 2.78. The van der Waals surface area contributed by atoms with E-state index in [1.807, 2.05) is 6.07 Å². The van der Waals surface area contributed by atoms with Gasteiger partial charge in [0.1, 0.15) is 6.07 Å². The van der Waals surface area contributed by atoms with Crippen LogP contribution in [-0.4, -0.2) is 64.0 Å². The van der Waals surface area contributed by atoms with E-state index >= 15 is 0 Å². The van der Waals surface area contributed by atoms with Gasteiger partial charge in [-0.3, -0.25) is 14.5 Å². The van der Waals surface area contributed by atoms with Gasteiger partial charge in [0.15, 0.2) is 6.29 Å². The summed E-state index contributed by atoms with van der Waals surface area (Å²) in [5.74, 6) is -0.747. The molecule has 0 spiro atoms. The Morgan fingerprint density at radius 1 is 1.31 bits per heavy atom. The van der Waals surface area contributed by atoms with E-state index in [0.717, 1.165) is 0 Å². The molecule has 9 heteroatoms. The zero-order chi connectivity index (χ0) is 19.5. The van der Waals surface area contributed by atoms with Crippen LogP contribution in [0.25, 0.3) is 0 Å². The molecule has 0 heterocycles. The van der Waals surface area contributed by atoms with Crippen LogP contribution < -0.4 is 5.32 Å². The molecule has 0 aliphatic heterocycles. The second-order valence-corrected chi connectivity index (χ2v) is 5.75. The summed E-state index contributed by atoms with van der Waals surface area (Å²) in [6.45, 7) is 0.527. The number of hydrogen-bond acceptors (Lipinski definition) is 7. The van der Waals surface area contributed by atoms with Gasteiger partial charge >= 0.3 is 5.97 Å². The summed E-state index contributed by atoms with van der Waals surface area (Å²) in [6, 6.07) is 6.59. The molecule has 0 bridgehead atoms. The third kappa shape index (κ3) is 7.37. The minimum absolute atomic E-state index is 0.0302. The van der Waals surface area contributed by atoms with Gasteiger partial charge in [0.25, 0.3) is 0 Å². The molecular formula is C17H22ClN3O5. The lowest BCUT2D eigenvalue weighted by Crippen LogP contribution is -2.40. The number of nitrogens with zero attached hydrogens (tertiary/aromatic N) is 2. The Bertz CT molecular complexity index is 658. The molecule has 0 radical (unpaired) electrons. The Labute approximate surface area is 157 Å². The van der Waals surface area contributed by atoms with Crippen LogP contribution in [0, 0.1) is 11.3 Å². The Kier molecular flexibility index (Phi) is 9.62. The van der Waals surface area contributed by atoms with E-state index in [2.05, 4.69) is 10.1 Å². The summed E-state index contributed by atoms with van der Waals surface area (Å²) in [5, 5.41) is 12.2. The van der Waals surface area contributed by atoms with Crippen LogP contribution in [0.1, 0.15) is 12.0 Å². The van der Waals surface area contributed by atoms with Gasteiger partial charge in [-0.1, -0.05) is 11.6 Å². The van der Waals surface area contributed by atoms with Crippen molar-refractivity contribution in [3.63, 3.8) is 0 Å². The predicted molar refractivity (Wildman–Crippen MR) is 95.7 cm³/mol. The zero-order valence-corrected chi connectivity index (χ0v) is 15.7. The normalized spacial score (nSPS) is 10.7. The number of esters is 1. The van der Waals surface area contributed by atoms with Gasteiger partial charge in [-0.15, -0.1) is 0 Å². The molecule has 0 aliphatic rings. The molecule has 0 unspecified atom stereocenters. The van der Waals surface area contributed by atoms with Crippen molar-refractivity contribution in [1.82, 2.24) is 4.90 Å². The predicted octanol–water partition coefficient (Wildman–Crippen LogP) is 1.63. The van der Waals surface area contributed by atoms with Gasteiger partial charge in [0.05, 0.1) is 37.9 Å². The highest BCUT2D eigenvalue weighted by Gasteiger charge is 2.18. The summed E-state index contributed by atoms with van der Waals surface area (Å²) in [5.41, 5.74) is 0.628. The van der Waals surface area contributed by atoms with E-state index in [1.165, 1.54) is 33.5 Å². The van der Waals surface area contributed by atoms with Crippen LogP contribution in [0.15, 0.2) is 18.2 Å². The molecule has 26 heavy (non-hydrogen) atoms. The summed E-state index contributed by atoms with van der Waals surface area (Å²) in [6.07, 6.45) is -0.439. The fraction of sp³-hybridized carbons (Fsp3) is 0.471. The van der Waals surface area contributed by atoms with Crippen LogP contribution in [0.3, 0.4) is 0 Å². The number of halogens is 1. The number of amides is 1. The zero-order valence-electron chi connectivity index (χ0n) is 15.0. The van der Waals surface area contributed by atoms with Crippen molar-refractivity contribution in [1.29, 1.82) is 5.26 Å². The maximum atomic E-state index is 12.4. The number of ether oxygens (including phenoxy) is 3. The van der Waals surface area contributed by atoms with E-state index in [9.17, 15) is 9.59 Å². The van der Waals surface area contributed by atoms with Crippen molar-refractivity contribution in [2.45, 2.75) is 12.7 Å². The first kappa shape index (κ1) is 21.9. The lowest BCUT2D eigenvalue weighted by molar-refractivity contribution is -0.142. The molecule has 1 amide bonds. The maximum absolute atomic E-state index is 12.4. The van der Waals surface area contributed by atoms with Gasteiger partial charge in [-0.25, -0.2) is 0 Å². The van der Waals surface area contributed by atoms with Crippen LogP contribution in [-0.2, 0) is 23.8 Å². The van der Waals surface area contributed by atoms with Gasteiger partial charge < -0.3 is 19.5 Å². The largest absolute Gasteiger partial charge is 0.469 e. The van der Waals surface area contributed by atoms with E-state index in [1.54, 1.807) is 11.0 Å². The number of nitriles is 1. The minimum atomic E-state index is -0.554. The molecule has 0 atom stereocenters. The van der Waals surface area contributed by atoms with Crippen LogP contribution in [0.4, 0.5) is 5.69 Å². The number of nitrogens with one attached hydrogen (secondary N) is 1. The van der Waals surface area contributed by atoms with E-state index in [4.69, 9.17) is 26.3 Å². The fourth-order valence-electron chi connectivity index (χ4n) is 2.15. The second-order valence-electron chi connectivity index (χ2n) is 5.31. The molecule has 8 nitrogen and oxygen atoms in total.